The van der Waals surface area contributed by atoms with Crippen LogP contribution in [0.4, 0.5) is 0 Å². The van der Waals surface area contributed by atoms with E-state index in [2.05, 4.69) is 13.2 Å². The van der Waals surface area contributed by atoms with Gasteiger partial charge in [0.25, 0.3) is 0 Å². The lowest BCUT2D eigenvalue weighted by Gasteiger charge is -2.08. The van der Waals surface area contributed by atoms with E-state index in [0.717, 1.165) is 16.3 Å². The minimum atomic E-state index is -0.525. The van der Waals surface area contributed by atoms with E-state index in [1.165, 1.54) is 12.1 Å². The van der Waals surface area contributed by atoms with Crippen LogP contribution >= 0.6 is 0 Å². The smallest absolute Gasteiger partial charge is 0.339 e. The molecule has 0 bridgehead atoms. The minimum Gasteiger partial charge on any atom is -0.423 e. The molecule has 0 saturated heterocycles. The first kappa shape index (κ1) is 24.2. The van der Waals surface area contributed by atoms with Gasteiger partial charge in [-0.15, -0.1) is 0 Å². The summed E-state index contributed by atoms with van der Waals surface area (Å²) in [5.74, 6) is -0.423. The van der Waals surface area contributed by atoms with Crippen LogP contribution in [-0.4, -0.2) is 17.9 Å². The summed E-state index contributed by atoms with van der Waals surface area (Å²) in [6.07, 6.45) is 1.72. The van der Waals surface area contributed by atoms with Gasteiger partial charge in [-0.3, -0.25) is 0 Å². The lowest BCUT2D eigenvalue weighted by molar-refractivity contribution is -0.131. The lowest BCUT2D eigenvalue weighted by Crippen LogP contribution is -2.10. The molecule has 0 amide bonds. The van der Waals surface area contributed by atoms with Crippen molar-refractivity contribution in [3.8, 4) is 17.2 Å². The van der Waals surface area contributed by atoms with E-state index in [9.17, 15) is 14.4 Å². The molecule has 3 aromatic carbocycles. The fourth-order valence-electron chi connectivity index (χ4n) is 2.86. The van der Waals surface area contributed by atoms with Crippen LogP contribution in [-0.2, 0) is 14.4 Å². The van der Waals surface area contributed by atoms with Crippen molar-refractivity contribution < 1.29 is 28.6 Å². The van der Waals surface area contributed by atoms with Crippen molar-refractivity contribution in [3.63, 3.8) is 0 Å². The van der Waals surface area contributed by atoms with E-state index in [4.69, 9.17) is 14.2 Å². The van der Waals surface area contributed by atoms with Crippen molar-refractivity contribution in [2.75, 3.05) is 0 Å². The molecule has 6 nitrogen and oxygen atoms in total. The van der Waals surface area contributed by atoms with Gasteiger partial charge in [0, 0.05) is 16.7 Å². The summed E-state index contributed by atoms with van der Waals surface area (Å²) in [5.41, 5.74) is 1.83. The summed E-state index contributed by atoms with van der Waals surface area (Å²) in [6.45, 7) is 11.9. The SMILES string of the molecule is C=C(C)C(=O)Oc1ccc(OC(=O)C(C)=Cc2ccc3cc(OC(=O)C(=C)C)ccc3c2)cc1. The maximum atomic E-state index is 12.5. The van der Waals surface area contributed by atoms with Gasteiger partial charge in [0.15, 0.2) is 0 Å². The first-order valence-electron chi connectivity index (χ1n) is 10.4. The van der Waals surface area contributed by atoms with Crippen LogP contribution in [0.5, 0.6) is 17.2 Å². The van der Waals surface area contributed by atoms with Crippen LogP contribution in [0.1, 0.15) is 26.3 Å². The maximum Gasteiger partial charge on any atom is 0.339 e. The monoisotopic (exact) mass is 456 g/mol. The predicted octanol–water partition coefficient (Wildman–Crippen LogP) is 5.81. The number of ether oxygens (including phenoxy) is 3. The molecule has 0 aliphatic heterocycles. The molecule has 3 aromatic rings. The maximum absolute atomic E-state index is 12.5. The van der Waals surface area contributed by atoms with E-state index in [0.29, 0.717) is 28.4 Å². The van der Waals surface area contributed by atoms with Crippen LogP contribution in [0, 0.1) is 0 Å². The normalized spacial score (nSPS) is 11.0. The number of carbonyl (C=O) groups is 3. The highest BCUT2D eigenvalue weighted by atomic mass is 16.5. The number of esters is 3. The third-order valence-corrected chi connectivity index (χ3v) is 4.69. The zero-order valence-electron chi connectivity index (χ0n) is 19.2. The number of benzene rings is 3. The fraction of sp³-hybridized carbons (Fsp3) is 0.107. The summed E-state index contributed by atoms with van der Waals surface area (Å²) in [4.78, 5) is 35.8. The average Bonchev–Trinajstić information content (AvgIpc) is 2.80. The zero-order chi connectivity index (χ0) is 24.8. The molecular weight excluding hydrogens is 432 g/mol. The van der Waals surface area contributed by atoms with Crippen molar-refractivity contribution in [2.45, 2.75) is 20.8 Å². The molecular formula is C28H24O6. The van der Waals surface area contributed by atoms with Crippen LogP contribution in [0.15, 0.2) is 90.5 Å². The second-order valence-corrected chi connectivity index (χ2v) is 7.80. The molecule has 0 atom stereocenters. The van der Waals surface area contributed by atoms with Gasteiger partial charge in [-0.2, -0.15) is 0 Å². The molecule has 6 heteroatoms. The Bertz CT molecular complexity index is 1330. The Balaban J connectivity index is 1.68. The molecule has 0 N–H and O–H groups in total. The Labute approximate surface area is 197 Å². The van der Waals surface area contributed by atoms with Gasteiger partial charge in [0.05, 0.1) is 0 Å². The number of hydrogen-bond donors (Lipinski definition) is 0. The van der Waals surface area contributed by atoms with Crippen molar-refractivity contribution in [3.05, 3.63) is 96.1 Å². The Hall–Kier alpha value is -4.45. The zero-order valence-corrected chi connectivity index (χ0v) is 19.2. The molecule has 0 heterocycles. The molecule has 3 rings (SSSR count). The second-order valence-electron chi connectivity index (χ2n) is 7.80. The minimum absolute atomic E-state index is 0.289. The Morgan fingerprint density at radius 3 is 1.62 bits per heavy atom. The van der Waals surface area contributed by atoms with Gasteiger partial charge in [0.1, 0.15) is 17.2 Å². The lowest BCUT2D eigenvalue weighted by atomic mass is 10.0. The molecule has 0 aromatic heterocycles. The van der Waals surface area contributed by atoms with E-state index in [-0.39, 0.29) is 5.57 Å². The quantitative estimate of drug-likeness (QED) is 0.254. The Morgan fingerprint density at radius 2 is 1.06 bits per heavy atom. The molecule has 172 valence electrons. The average molecular weight is 456 g/mol. The molecule has 0 spiro atoms. The van der Waals surface area contributed by atoms with Gasteiger partial charge in [-0.05, 0) is 85.6 Å². The van der Waals surface area contributed by atoms with Crippen LogP contribution in [0.25, 0.3) is 16.8 Å². The highest BCUT2D eigenvalue weighted by Gasteiger charge is 2.10. The summed E-state index contributed by atoms with van der Waals surface area (Å²) < 4.78 is 15.8. The fourth-order valence-corrected chi connectivity index (χ4v) is 2.86. The van der Waals surface area contributed by atoms with E-state index >= 15 is 0 Å². The molecule has 34 heavy (non-hydrogen) atoms. The molecule has 0 radical (unpaired) electrons. The van der Waals surface area contributed by atoms with Gasteiger partial charge < -0.3 is 14.2 Å². The summed E-state index contributed by atoms with van der Waals surface area (Å²) in [7, 11) is 0. The number of rotatable bonds is 7. The Kier molecular flexibility index (Phi) is 7.43. The van der Waals surface area contributed by atoms with Crippen molar-refractivity contribution >= 4 is 34.8 Å². The van der Waals surface area contributed by atoms with Crippen LogP contribution < -0.4 is 14.2 Å². The topological polar surface area (TPSA) is 78.9 Å². The first-order valence-corrected chi connectivity index (χ1v) is 10.4. The van der Waals surface area contributed by atoms with Gasteiger partial charge in [-0.25, -0.2) is 14.4 Å². The van der Waals surface area contributed by atoms with Crippen molar-refractivity contribution in [1.82, 2.24) is 0 Å². The standard InChI is InChI=1S/C28H24O6/c1-17(2)26(29)32-23-10-12-24(13-11-23)33-28(31)19(5)14-20-6-7-22-16-25(9-8-21(22)15-20)34-27(30)18(3)4/h6-16H,1,3H2,2,4-5H3. The van der Waals surface area contributed by atoms with Crippen molar-refractivity contribution in [1.29, 1.82) is 0 Å². The highest BCUT2D eigenvalue weighted by Crippen LogP contribution is 2.24. The molecule has 0 aliphatic carbocycles. The largest absolute Gasteiger partial charge is 0.423 e. The third-order valence-electron chi connectivity index (χ3n) is 4.69. The van der Waals surface area contributed by atoms with Crippen molar-refractivity contribution in [2.24, 2.45) is 0 Å². The van der Waals surface area contributed by atoms with E-state index in [1.54, 1.807) is 51.1 Å². The summed E-state index contributed by atoms with van der Waals surface area (Å²) in [6, 6.07) is 17.1. The van der Waals surface area contributed by atoms with Crippen LogP contribution in [0.2, 0.25) is 0 Å². The van der Waals surface area contributed by atoms with Gasteiger partial charge >= 0.3 is 17.9 Å². The molecule has 0 unspecified atom stereocenters. The first-order chi connectivity index (χ1) is 16.1. The van der Waals surface area contributed by atoms with Gasteiger partial charge in [0.2, 0.25) is 0 Å². The predicted molar refractivity (Wildman–Crippen MR) is 131 cm³/mol. The molecule has 0 aliphatic rings. The molecule has 0 fully saturated rings. The van der Waals surface area contributed by atoms with E-state index < -0.39 is 17.9 Å². The molecule has 0 saturated carbocycles. The Morgan fingerprint density at radius 1 is 0.618 bits per heavy atom. The number of carbonyl (C=O) groups excluding carboxylic acids is 3. The number of hydrogen-bond acceptors (Lipinski definition) is 6. The van der Waals surface area contributed by atoms with Crippen LogP contribution in [0.3, 0.4) is 0 Å². The van der Waals surface area contributed by atoms with E-state index in [1.807, 2.05) is 24.3 Å². The van der Waals surface area contributed by atoms with Gasteiger partial charge in [-0.1, -0.05) is 31.4 Å². The summed E-state index contributed by atoms with van der Waals surface area (Å²) in [5, 5.41) is 1.81. The number of fused-ring (bicyclic) bond motifs is 1. The summed E-state index contributed by atoms with van der Waals surface area (Å²) >= 11 is 0. The highest BCUT2D eigenvalue weighted by molar-refractivity contribution is 5.96. The second kappa shape index (κ2) is 10.4. The third kappa shape index (κ3) is 6.29.